The van der Waals surface area contributed by atoms with E-state index in [1.807, 2.05) is 36.4 Å². The zero-order chi connectivity index (χ0) is 16.4. The van der Waals surface area contributed by atoms with E-state index in [1.165, 1.54) is 0 Å². The third-order valence-electron chi connectivity index (χ3n) is 3.73. The molecule has 0 aliphatic carbocycles. The van der Waals surface area contributed by atoms with E-state index in [0.717, 1.165) is 35.4 Å². The van der Waals surface area contributed by atoms with Crippen LogP contribution in [0.2, 0.25) is 0 Å². The lowest BCUT2D eigenvalue weighted by atomic mass is 10.1. The summed E-state index contributed by atoms with van der Waals surface area (Å²) in [6.45, 7) is 1.64. The van der Waals surface area contributed by atoms with E-state index in [0.29, 0.717) is 17.2 Å². The lowest BCUT2D eigenvalue weighted by Gasteiger charge is -2.04. The number of anilines is 1. The first kappa shape index (κ1) is 14.3. The maximum absolute atomic E-state index is 5.95. The number of azo groups is 1. The summed E-state index contributed by atoms with van der Waals surface area (Å²) in [5.74, 6) is 1.17. The number of rotatable bonds is 3. The zero-order valence-electron chi connectivity index (χ0n) is 12.8. The van der Waals surface area contributed by atoms with Gasteiger partial charge in [-0.25, -0.2) is 4.98 Å². The fourth-order valence-corrected chi connectivity index (χ4v) is 2.53. The van der Waals surface area contributed by atoms with E-state index in [2.05, 4.69) is 30.5 Å². The molecular weight excluding hydrogens is 302 g/mol. The van der Waals surface area contributed by atoms with Crippen LogP contribution in [0.4, 0.5) is 17.2 Å². The lowest BCUT2D eigenvalue weighted by Crippen LogP contribution is -2.20. The molecule has 0 amide bonds. The van der Waals surface area contributed by atoms with Crippen LogP contribution in [0.1, 0.15) is 5.69 Å². The standard InChI is InChI=1S/C17H15N7/c18-16-15(13-4-2-1-3-11(13)9-22-16)24-23-12-5-6-14(21-10-12)17-19-7-8-20-17/h1-6,9-10H,7-8H2,(H2,18,22)(H,19,20)/b24-23+. The second kappa shape index (κ2) is 6.04. The fraction of sp³-hybridized carbons (Fsp3) is 0.118. The molecule has 3 heterocycles. The Kier molecular flexibility index (Phi) is 3.59. The summed E-state index contributed by atoms with van der Waals surface area (Å²) >= 11 is 0. The lowest BCUT2D eigenvalue weighted by molar-refractivity contribution is 0.958. The monoisotopic (exact) mass is 317 g/mol. The smallest absolute Gasteiger partial charge is 0.151 e. The van der Waals surface area contributed by atoms with Gasteiger partial charge in [0.15, 0.2) is 5.82 Å². The topological polar surface area (TPSA) is 101 Å². The minimum atomic E-state index is 0.353. The first-order valence-corrected chi connectivity index (χ1v) is 7.61. The highest BCUT2D eigenvalue weighted by Crippen LogP contribution is 2.31. The molecule has 7 heteroatoms. The normalized spacial score (nSPS) is 14.1. The van der Waals surface area contributed by atoms with E-state index in [9.17, 15) is 0 Å². The Bertz CT molecular complexity index is 945. The second-order valence-electron chi connectivity index (χ2n) is 5.34. The molecule has 1 aromatic carbocycles. The molecular formula is C17H15N7. The highest BCUT2D eigenvalue weighted by molar-refractivity contribution is 5.98. The maximum atomic E-state index is 5.95. The van der Waals surface area contributed by atoms with Crippen LogP contribution in [-0.4, -0.2) is 28.9 Å². The Balaban J connectivity index is 1.64. The third-order valence-corrected chi connectivity index (χ3v) is 3.73. The van der Waals surface area contributed by atoms with Crippen molar-refractivity contribution in [3.8, 4) is 0 Å². The number of fused-ring (bicyclic) bond motifs is 1. The summed E-state index contributed by atoms with van der Waals surface area (Å²) in [5, 5.41) is 13.6. The SMILES string of the molecule is Nc1ncc2ccccc2c1/N=N/c1ccc(C2=NCCN2)nc1. The van der Waals surface area contributed by atoms with Crippen molar-refractivity contribution in [2.24, 2.45) is 15.2 Å². The Morgan fingerprint density at radius 3 is 2.71 bits per heavy atom. The summed E-state index contributed by atoms with van der Waals surface area (Å²) in [5.41, 5.74) is 7.97. The minimum absolute atomic E-state index is 0.353. The Labute approximate surface area is 138 Å². The van der Waals surface area contributed by atoms with Gasteiger partial charge >= 0.3 is 0 Å². The summed E-state index contributed by atoms with van der Waals surface area (Å²) < 4.78 is 0. The number of amidine groups is 1. The minimum Gasteiger partial charge on any atom is -0.382 e. The predicted molar refractivity (Wildman–Crippen MR) is 94.0 cm³/mol. The van der Waals surface area contributed by atoms with Crippen molar-refractivity contribution in [2.45, 2.75) is 0 Å². The highest BCUT2D eigenvalue weighted by Gasteiger charge is 2.09. The van der Waals surface area contributed by atoms with Crippen molar-refractivity contribution in [1.82, 2.24) is 15.3 Å². The van der Waals surface area contributed by atoms with Crippen molar-refractivity contribution in [1.29, 1.82) is 0 Å². The molecule has 0 radical (unpaired) electrons. The first-order valence-electron chi connectivity index (χ1n) is 7.61. The number of pyridine rings is 2. The highest BCUT2D eigenvalue weighted by atomic mass is 15.1. The number of hydrogen-bond acceptors (Lipinski definition) is 7. The summed E-state index contributed by atoms with van der Waals surface area (Å²) in [7, 11) is 0. The van der Waals surface area contributed by atoms with Gasteiger partial charge in [-0.2, -0.15) is 0 Å². The Morgan fingerprint density at radius 2 is 1.92 bits per heavy atom. The van der Waals surface area contributed by atoms with Gasteiger partial charge in [0.05, 0.1) is 12.7 Å². The van der Waals surface area contributed by atoms with Crippen LogP contribution in [0.25, 0.3) is 10.8 Å². The fourth-order valence-electron chi connectivity index (χ4n) is 2.53. The van der Waals surface area contributed by atoms with Gasteiger partial charge in [-0.15, -0.1) is 10.2 Å². The summed E-state index contributed by atoms with van der Waals surface area (Å²) in [6.07, 6.45) is 3.39. The zero-order valence-corrected chi connectivity index (χ0v) is 12.8. The van der Waals surface area contributed by atoms with E-state index >= 15 is 0 Å². The molecule has 0 saturated carbocycles. The van der Waals surface area contributed by atoms with Crippen LogP contribution >= 0.6 is 0 Å². The van der Waals surface area contributed by atoms with E-state index < -0.39 is 0 Å². The van der Waals surface area contributed by atoms with E-state index in [1.54, 1.807) is 12.4 Å². The molecule has 3 N–H and O–H groups in total. The molecule has 0 bridgehead atoms. The number of nitrogens with one attached hydrogen (secondary N) is 1. The summed E-state index contributed by atoms with van der Waals surface area (Å²) in [6, 6.07) is 11.5. The van der Waals surface area contributed by atoms with E-state index in [-0.39, 0.29) is 0 Å². The molecule has 1 aliphatic heterocycles. The molecule has 0 saturated heterocycles. The van der Waals surface area contributed by atoms with Crippen LogP contribution in [0.3, 0.4) is 0 Å². The molecule has 7 nitrogen and oxygen atoms in total. The van der Waals surface area contributed by atoms with Crippen LogP contribution in [0.15, 0.2) is 64.0 Å². The van der Waals surface area contributed by atoms with Gasteiger partial charge in [-0.05, 0) is 12.1 Å². The van der Waals surface area contributed by atoms with Crippen LogP contribution < -0.4 is 11.1 Å². The summed E-state index contributed by atoms with van der Waals surface area (Å²) in [4.78, 5) is 12.9. The number of nitrogen functional groups attached to an aromatic ring is 1. The Hall–Kier alpha value is -3.35. The van der Waals surface area contributed by atoms with Gasteiger partial charge in [0.1, 0.15) is 22.9 Å². The predicted octanol–water partition coefficient (Wildman–Crippen LogP) is 2.98. The molecule has 118 valence electrons. The van der Waals surface area contributed by atoms with Crippen molar-refractivity contribution in [3.05, 3.63) is 54.5 Å². The Morgan fingerprint density at radius 1 is 1.00 bits per heavy atom. The number of nitrogens with two attached hydrogens (primary N) is 1. The number of nitrogens with zero attached hydrogens (tertiary/aromatic N) is 5. The van der Waals surface area contributed by atoms with Gasteiger partial charge in [0, 0.05) is 23.5 Å². The number of hydrogen-bond donors (Lipinski definition) is 2. The number of benzene rings is 1. The van der Waals surface area contributed by atoms with Crippen molar-refractivity contribution >= 4 is 33.8 Å². The van der Waals surface area contributed by atoms with Crippen molar-refractivity contribution < 1.29 is 0 Å². The molecule has 4 rings (SSSR count). The quantitative estimate of drug-likeness (QED) is 0.725. The number of aromatic nitrogens is 2. The average molecular weight is 317 g/mol. The first-order chi connectivity index (χ1) is 11.8. The molecule has 2 aromatic heterocycles. The molecule has 0 atom stereocenters. The largest absolute Gasteiger partial charge is 0.382 e. The molecule has 0 unspecified atom stereocenters. The molecule has 24 heavy (non-hydrogen) atoms. The van der Waals surface area contributed by atoms with Crippen LogP contribution in [0.5, 0.6) is 0 Å². The van der Waals surface area contributed by atoms with Crippen molar-refractivity contribution in [3.63, 3.8) is 0 Å². The van der Waals surface area contributed by atoms with Gasteiger partial charge in [-0.1, -0.05) is 24.3 Å². The third kappa shape index (κ3) is 2.67. The van der Waals surface area contributed by atoms with Crippen molar-refractivity contribution in [2.75, 3.05) is 18.8 Å². The van der Waals surface area contributed by atoms with Crippen LogP contribution in [0, 0.1) is 0 Å². The van der Waals surface area contributed by atoms with E-state index in [4.69, 9.17) is 5.73 Å². The average Bonchev–Trinajstić information content (AvgIpc) is 3.16. The number of aliphatic imine (C=N–C) groups is 1. The molecule has 0 fully saturated rings. The van der Waals surface area contributed by atoms with Gasteiger partial charge in [-0.3, -0.25) is 9.98 Å². The van der Waals surface area contributed by atoms with Gasteiger partial charge in [0.2, 0.25) is 0 Å². The van der Waals surface area contributed by atoms with Gasteiger partial charge < -0.3 is 11.1 Å². The molecule has 3 aromatic rings. The van der Waals surface area contributed by atoms with Gasteiger partial charge in [0.25, 0.3) is 0 Å². The molecule has 1 aliphatic rings. The second-order valence-corrected chi connectivity index (χ2v) is 5.34. The molecule has 0 spiro atoms. The maximum Gasteiger partial charge on any atom is 0.151 e. The van der Waals surface area contributed by atoms with Crippen LogP contribution in [-0.2, 0) is 0 Å².